The van der Waals surface area contributed by atoms with Crippen LogP contribution in [0.5, 0.6) is 0 Å². The van der Waals surface area contributed by atoms with Crippen molar-refractivity contribution in [2.45, 2.75) is 37.7 Å². The molecule has 2 heterocycles. The van der Waals surface area contributed by atoms with Gasteiger partial charge in [-0.25, -0.2) is 0 Å². The first-order chi connectivity index (χ1) is 7.72. The Kier molecular flexibility index (Phi) is 3.33. The number of furan rings is 1. The number of hydrogen-bond acceptors (Lipinski definition) is 4. The third kappa shape index (κ3) is 2.14. The minimum atomic E-state index is 0.499. The lowest BCUT2D eigenvalue weighted by Crippen LogP contribution is -2.00. The molecule has 0 aromatic carbocycles. The van der Waals surface area contributed by atoms with E-state index in [9.17, 15) is 0 Å². The van der Waals surface area contributed by atoms with E-state index >= 15 is 0 Å². The van der Waals surface area contributed by atoms with Gasteiger partial charge in [-0.1, -0.05) is 25.6 Å². The second kappa shape index (κ2) is 4.74. The smallest absolute Gasteiger partial charge is 0.200 e. The van der Waals surface area contributed by atoms with Crippen LogP contribution in [0.3, 0.4) is 0 Å². The van der Waals surface area contributed by atoms with Crippen molar-refractivity contribution in [1.29, 1.82) is 0 Å². The zero-order valence-electron chi connectivity index (χ0n) is 9.67. The van der Waals surface area contributed by atoms with Crippen LogP contribution < -0.4 is 0 Å². The molecule has 86 valence electrons. The van der Waals surface area contributed by atoms with Crippen molar-refractivity contribution in [1.82, 2.24) is 14.8 Å². The van der Waals surface area contributed by atoms with Crippen molar-refractivity contribution in [3.05, 3.63) is 18.4 Å². The van der Waals surface area contributed by atoms with E-state index in [1.54, 1.807) is 18.0 Å². The summed E-state index contributed by atoms with van der Waals surface area (Å²) in [5.74, 6) is 1.57. The van der Waals surface area contributed by atoms with Gasteiger partial charge in [-0.15, -0.1) is 10.2 Å². The van der Waals surface area contributed by atoms with Crippen LogP contribution in [-0.2, 0) is 6.54 Å². The van der Waals surface area contributed by atoms with Crippen LogP contribution >= 0.6 is 11.8 Å². The topological polar surface area (TPSA) is 43.9 Å². The van der Waals surface area contributed by atoms with Crippen LogP contribution in [0.15, 0.2) is 28.0 Å². The molecule has 0 unspecified atom stereocenters. The lowest BCUT2D eigenvalue weighted by molar-refractivity contribution is 0.567. The molecule has 0 spiro atoms. The molecule has 0 radical (unpaired) electrons. The summed E-state index contributed by atoms with van der Waals surface area (Å²) in [6.45, 7) is 7.22. The van der Waals surface area contributed by atoms with Gasteiger partial charge >= 0.3 is 0 Å². The fraction of sp³-hybridized carbons (Fsp3) is 0.455. The summed E-state index contributed by atoms with van der Waals surface area (Å²) in [6.07, 6.45) is 1.65. The molecule has 16 heavy (non-hydrogen) atoms. The summed E-state index contributed by atoms with van der Waals surface area (Å²) in [6, 6.07) is 3.76. The van der Waals surface area contributed by atoms with Gasteiger partial charge in [-0.2, -0.15) is 0 Å². The van der Waals surface area contributed by atoms with Gasteiger partial charge in [0.05, 0.1) is 6.26 Å². The molecule has 0 atom stereocenters. The molecule has 4 nitrogen and oxygen atoms in total. The van der Waals surface area contributed by atoms with E-state index in [4.69, 9.17) is 4.42 Å². The number of rotatable bonds is 4. The molecule has 0 aliphatic carbocycles. The van der Waals surface area contributed by atoms with Crippen LogP contribution in [0, 0.1) is 0 Å². The molecule has 2 rings (SSSR count). The summed E-state index contributed by atoms with van der Waals surface area (Å²) in [7, 11) is 0. The Balaban J connectivity index is 2.37. The van der Waals surface area contributed by atoms with Crippen molar-refractivity contribution in [2.24, 2.45) is 0 Å². The summed E-state index contributed by atoms with van der Waals surface area (Å²) in [5.41, 5.74) is 0. The van der Waals surface area contributed by atoms with E-state index in [2.05, 4.69) is 35.5 Å². The molecular weight excluding hydrogens is 222 g/mol. The van der Waals surface area contributed by atoms with Crippen LogP contribution in [0.4, 0.5) is 0 Å². The van der Waals surface area contributed by atoms with Gasteiger partial charge in [0, 0.05) is 11.8 Å². The standard InChI is InChI=1S/C11H15N3OS/c1-4-14-10(9-6-5-7-15-9)12-13-11(14)16-8(2)3/h5-8H,4H2,1-3H3. The Morgan fingerprint density at radius 1 is 1.44 bits per heavy atom. The van der Waals surface area contributed by atoms with E-state index in [0.717, 1.165) is 23.3 Å². The maximum absolute atomic E-state index is 5.35. The molecule has 0 bridgehead atoms. The summed E-state index contributed by atoms with van der Waals surface area (Å²) in [5, 5.41) is 9.83. The van der Waals surface area contributed by atoms with Gasteiger partial charge in [0.25, 0.3) is 0 Å². The van der Waals surface area contributed by atoms with Crippen LogP contribution in [0.2, 0.25) is 0 Å². The van der Waals surface area contributed by atoms with Gasteiger partial charge in [-0.3, -0.25) is 4.57 Å². The number of aromatic nitrogens is 3. The minimum Gasteiger partial charge on any atom is -0.461 e. The third-order valence-electron chi connectivity index (χ3n) is 2.12. The second-order valence-corrected chi connectivity index (χ2v) is 5.24. The van der Waals surface area contributed by atoms with Crippen LogP contribution in [0.1, 0.15) is 20.8 Å². The zero-order chi connectivity index (χ0) is 11.5. The Labute approximate surface area is 99.1 Å². The predicted molar refractivity (Wildman–Crippen MR) is 64.4 cm³/mol. The maximum atomic E-state index is 5.35. The average Bonchev–Trinajstić information content (AvgIpc) is 2.84. The first-order valence-electron chi connectivity index (χ1n) is 5.36. The SMILES string of the molecule is CCn1c(SC(C)C)nnc1-c1ccco1. The normalized spacial score (nSPS) is 11.2. The van der Waals surface area contributed by atoms with Crippen molar-refractivity contribution in [3.63, 3.8) is 0 Å². The van der Waals surface area contributed by atoms with Gasteiger partial charge in [-0.05, 0) is 19.1 Å². The van der Waals surface area contributed by atoms with E-state index in [1.165, 1.54) is 0 Å². The highest BCUT2D eigenvalue weighted by atomic mass is 32.2. The highest BCUT2D eigenvalue weighted by Crippen LogP contribution is 2.26. The quantitative estimate of drug-likeness (QED) is 0.767. The van der Waals surface area contributed by atoms with Crippen LogP contribution in [-0.4, -0.2) is 20.0 Å². The molecule has 0 N–H and O–H groups in total. The Morgan fingerprint density at radius 3 is 2.81 bits per heavy atom. The zero-order valence-corrected chi connectivity index (χ0v) is 10.5. The van der Waals surface area contributed by atoms with E-state index in [1.807, 2.05) is 12.1 Å². The van der Waals surface area contributed by atoms with Crippen LogP contribution in [0.25, 0.3) is 11.6 Å². The molecule has 0 saturated heterocycles. The lowest BCUT2D eigenvalue weighted by Gasteiger charge is -2.07. The highest BCUT2D eigenvalue weighted by molar-refractivity contribution is 7.99. The third-order valence-corrected chi connectivity index (χ3v) is 3.10. The monoisotopic (exact) mass is 237 g/mol. The molecule has 2 aromatic heterocycles. The second-order valence-electron chi connectivity index (χ2n) is 3.69. The van der Waals surface area contributed by atoms with E-state index < -0.39 is 0 Å². The molecule has 0 aliphatic rings. The Morgan fingerprint density at radius 2 is 2.25 bits per heavy atom. The number of hydrogen-bond donors (Lipinski definition) is 0. The fourth-order valence-corrected chi connectivity index (χ4v) is 2.31. The number of nitrogens with zero attached hydrogens (tertiary/aromatic N) is 3. The maximum Gasteiger partial charge on any atom is 0.200 e. The molecule has 5 heteroatoms. The number of thioether (sulfide) groups is 1. The minimum absolute atomic E-state index is 0.499. The summed E-state index contributed by atoms with van der Waals surface area (Å²) < 4.78 is 7.42. The van der Waals surface area contributed by atoms with Gasteiger partial charge < -0.3 is 4.42 Å². The molecule has 0 amide bonds. The van der Waals surface area contributed by atoms with Crippen molar-refractivity contribution in [3.8, 4) is 11.6 Å². The summed E-state index contributed by atoms with van der Waals surface area (Å²) >= 11 is 1.72. The molecule has 0 aliphatic heterocycles. The Hall–Kier alpha value is -1.23. The molecule has 2 aromatic rings. The average molecular weight is 237 g/mol. The van der Waals surface area contributed by atoms with Gasteiger partial charge in [0.15, 0.2) is 16.7 Å². The van der Waals surface area contributed by atoms with E-state index in [0.29, 0.717) is 5.25 Å². The molecule has 0 fully saturated rings. The Bertz CT molecular complexity index is 448. The lowest BCUT2D eigenvalue weighted by atomic mass is 10.4. The first-order valence-corrected chi connectivity index (χ1v) is 6.24. The van der Waals surface area contributed by atoms with Crippen molar-refractivity contribution < 1.29 is 4.42 Å². The predicted octanol–water partition coefficient (Wildman–Crippen LogP) is 3.06. The molecule has 0 saturated carbocycles. The fourth-order valence-electron chi connectivity index (χ4n) is 1.46. The van der Waals surface area contributed by atoms with E-state index in [-0.39, 0.29) is 0 Å². The summed E-state index contributed by atoms with van der Waals surface area (Å²) in [4.78, 5) is 0. The van der Waals surface area contributed by atoms with Crippen molar-refractivity contribution >= 4 is 11.8 Å². The van der Waals surface area contributed by atoms with Gasteiger partial charge in [0.1, 0.15) is 0 Å². The van der Waals surface area contributed by atoms with Crippen molar-refractivity contribution in [2.75, 3.05) is 0 Å². The largest absolute Gasteiger partial charge is 0.461 e. The van der Waals surface area contributed by atoms with Gasteiger partial charge in [0.2, 0.25) is 0 Å². The highest BCUT2D eigenvalue weighted by Gasteiger charge is 2.15. The first kappa shape index (κ1) is 11.3. The molecular formula is C11H15N3OS.